The van der Waals surface area contributed by atoms with Crippen LogP contribution in [0.3, 0.4) is 0 Å². The van der Waals surface area contributed by atoms with E-state index in [9.17, 15) is 13.2 Å². The van der Waals surface area contributed by atoms with Crippen LogP contribution >= 0.6 is 22.7 Å². The van der Waals surface area contributed by atoms with Crippen molar-refractivity contribution in [1.82, 2.24) is 20.2 Å². The fraction of sp³-hybridized carbons (Fsp3) is 0.476. The lowest BCUT2D eigenvalue weighted by molar-refractivity contribution is -0.117. The summed E-state index contributed by atoms with van der Waals surface area (Å²) in [5.74, 6) is 0.597. The van der Waals surface area contributed by atoms with E-state index < -0.39 is 9.84 Å². The van der Waals surface area contributed by atoms with Crippen molar-refractivity contribution in [3.63, 3.8) is 0 Å². The summed E-state index contributed by atoms with van der Waals surface area (Å²) in [6.07, 6.45) is 4.87. The second-order valence-electron chi connectivity index (χ2n) is 9.04. The number of hydrogen-bond donors (Lipinski definition) is 2. The number of hydrogen-bond acceptors (Lipinski definition) is 9. The zero-order chi connectivity index (χ0) is 21.9. The molecule has 2 fully saturated rings. The summed E-state index contributed by atoms with van der Waals surface area (Å²) in [4.78, 5) is 25.2. The molecule has 6 rings (SSSR count). The zero-order valence-corrected chi connectivity index (χ0v) is 19.8. The molecule has 0 radical (unpaired) electrons. The normalized spacial score (nSPS) is 21.1. The van der Waals surface area contributed by atoms with Gasteiger partial charge in [0.2, 0.25) is 5.91 Å². The molecule has 2 saturated heterocycles. The van der Waals surface area contributed by atoms with Crippen LogP contribution in [0.25, 0.3) is 20.8 Å². The van der Waals surface area contributed by atoms with Gasteiger partial charge in [0.15, 0.2) is 9.84 Å². The lowest BCUT2D eigenvalue weighted by Gasteiger charge is -2.54. The van der Waals surface area contributed by atoms with E-state index in [2.05, 4.69) is 20.5 Å². The number of fused-ring (bicyclic) bond motifs is 2. The van der Waals surface area contributed by atoms with Gasteiger partial charge in [-0.15, -0.1) is 22.7 Å². The van der Waals surface area contributed by atoms with Crippen LogP contribution in [0.4, 0.5) is 5.00 Å². The molecule has 2 N–H and O–H groups in total. The van der Waals surface area contributed by atoms with E-state index in [4.69, 9.17) is 4.98 Å². The van der Waals surface area contributed by atoms with Crippen LogP contribution in [0.1, 0.15) is 16.9 Å². The molecule has 3 aromatic rings. The minimum Gasteiger partial charge on any atom is -0.317 e. The van der Waals surface area contributed by atoms with Gasteiger partial charge in [-0.05, 0) is 24.6 Å². The van der Waals surface area contributed by atoms with E-state index in [0.717, 1.165) is 58.4 Å². The first-order valence-corrected chi connectivity index (χ1v) is 14.1. The summed E-state index contributed by atoms with van der Waals surface area (Å²) in [7, 11) is -2.81. The number of carbonyl (C=O) groups excluding carboxylic acids is 1. The fourth-order valence-electron chi connectivity index (χ4n) is 5.12. The predicted molar refractivity (Wildman–Crippen MR) is 127 cm³/mol. The first-order chi connectivity index (χ1) is 15.4. The van der Waals surface area contributed by atoms with Gasteiger partial charge in [0, 0.05) is 54.7 Å². The highest BCUT2D eigenvalue weighted by molar-refractivity contribution is 7.92. The Kier molecular flexibility index (Phi) is 4.88. The van der Waals surface area contributed by atoms with Crippen LogP contribution in [-0.2, 0) is 27.6 Å². The third-order valence-corrected chi connectivity index (χ3v) is 10.7. The third-order valence-electron chi connectivity index (χ3n) is 6.41. The highest BCUT2D eigenvalue weighted by atomic mass is 32.2. The van der Waals surface area contributed by atoms with Crippen LogP contribution in [0.5, 0.6) is 0 Å². The number of amides is 1. The van der Waals surface area contributed by atoms with Gasteiger partial charge in [0.05, 0.1) is 22.4 Å². The summed E-state index contributed by atoms with van der Waals surface area (Å²) < 4.78 is 24.0. The Morgan fingerprint density at radius 3 is 2.91 bits per heavy atom. The summed E-state index contributed by atoms with van der Waals surface area (Å²) in [5, 5.41) is 8.38. The topological polar surface area (TPSA) is 104 Å². The summed E-state index contributed by atoms with van der Waals surface area (Å²) in [6, 6.07) is 1.97. The van der Waals surface area contributed by atoms with E-state index in [1.165, 1.54) is 10.4 Å². The quantitative estimate of drug-likeness (QED) is 0.566. The van der Waals surface area contributed by atoms with Crippen molar-refractivity contribution in [2.75, 3.05) is 43.0 Å². The maximum Gasteiger partial charge on any atom is 0.226 e. The van der Waals surface area contributed by atoms with Crippen molar-refractivity contribution in [3.05, 3.63) is 28.9 Å². The van der Waals surface area contributed by atoms with E-state index in [0.29, 0.717) is 24.5 Å². The Labute approximate surface area is 194 Å². The summed E-state index contributed by atoms with van der Waals surface area (Å²) in [5.41, 5.74) is 3.18. The molecule has 168 valence electrons. The molecule has 8 nitrogen and oxygen atoms in total. The number of aromatic nitrogens is 2. The standard InChI is InChI=1S/C21H23N5O3S3/c27-17(3-6-26-9-21(10-26)11-32(28,29)12-21)25-20-18(13-1-4-23-8-16(13)31-20)19-24-14-7-22-5-2-15(14)30-19/h2,5,7,23H,1,3-4,6,8-12H2,(H,25,27). The number of rotatable bonds is 5. The maximum atomic E-state index is 12.8. The lowest BCUT2D eigenvalue weighted by atomic mass is 9.83. The predicted octanol–water partition coefficient (Wildman–Crippen LogP) is 2.12. The van der Waals surface area contributed by atoms with Crippen molar-refractivity contribution >= 4 is 53.6 Å². The smallest absolute Gasteiger partial charge is 0.226 e. The average Bonchev–Trinajstić information content (AvgIpc) is 3.29. The number of anilines is 1. The molecular formula is C21H23N5O3S3. The molecule has 0 aliphatic carbocycles. The maximum absolute atomic E-state index is 12.8. The van der Waals surface area contributed by atoms with Gasteiger partial charge in [0.25, 0.3) is 0 Å². The molecule has 0 atom stereocenters. The number of thiazole rings is 1. The van der Waals surface area contributed by atoms with Gasteiger partial charge >= 0.3 is 0 Å². The number of nitrogens with zero attached hydrogens (tertiary/aromatic N) is 3. The molecule has 1 amide bonds. The van der Waals surface area contributed by atoms with Crippen molar-refractivity contribution in [3.8, 4) is 10.6 Å². The Hall–Kier alpha value is -1.92. The van der Waals surface area contributed by atoms with Crippen molar-refractivity contribution in [1.29, 1.82) is 0 Å². The minimum absolute atomic E-state index is 0.0113. The molecule has 0 saturated carbocycles. The molecule has 32 heavy (non-hydrogen) atoms. The number of carbonyl (C=O) groups is 1. The van der Waals surface area contributed by atoms with Gasteiger partial charge < -0.3 is 15.5 Å². The Balaban J connectivity index is 1.17. The van der Waals surface area contributed by atoms with Gasteiger partial charge in [-0.3, -0.25) is 9.78 Å². The monoisotopic (exact) mass is 489 g/mol. The van der Waals surface area contributed by atoms with E-state index in [-0.39, 0.29) is 11.3 Å². The number of sulfone groups is 1. The number of nitrogens with one attached hydrogen (secondary N) is 2. The molecule has 11 heteroatoms. The molecule has 0 unspecified atom stereocenters. The van der Waals surface area contributed by atoms with Gasteiger partial charge in [-0.25, -0.2) is 13.4 Å². The molecule has 3 aliphatic heterocycles. The SMILES string of the molecule is O=C(CCN1CC2(C1)CS(=O)(=O)C2)Nc1sc2c(c1-c1nc3cnccc3s1)CCNC2. The highest BCUT2D eigenvalue weighted by Crippen LogP contribution is 2.45. The molecule has 3 aliphatic rings. The highest BCUT2D eigenvalue weighted by Gasteiger charge is 2.55. The minimum atomic E-state index is -2.81. The fourth-order valence-corrected chi connectivity index (χ4v) is 9.58. The van der Waals surface area contributed by atoms with Gasteiger partial charge in [0.1, 0.15) is 15.5 Å². The number of likely N-dealkylation sites (tertiary alicyclic amines) is 1. The van der Waals surface area contributed by atoms with Crippen LogP contribution in [-0.4, -0.2) is 66.9 Å². The van der Waals surface area contributed by atoms with E-state index in [1.54, 1.807) is 35.1 Å². The van der Waals surface area contributed by atoms with Gasteiger partial charge in [-0.1, -0.05) is 0 Å². The third kappa shape index (κ3) is 3.65. The molecule has 6 heterocycles. The number of pyridine rings is 1. The van der Waals surface area contributed by atoms with Crippen molar-refractivity contribution < 1.29 is 13.2 Å². The van der Waals surface area contributed by atoms with E-state index in [1.807, 2.05) is 6.07 Å². The zero-order valence-electron chi connectivity index (χ0n) is 17.4. The lowest BCUT2D eigenvalue weighted by Crippen LogP contribution is -2.68. The largest absolute Gasteiger partial charge is 0.317 e. The molecule has 1 spiro atoms. The van der Waals surface area contributed by atoms with Crippen LogP contribution in [0, 0.1) is 5.41 Å². The molecule has 3 aromatic heterocycles. The second kappa shape index (κ2) is 7.56. The number of thiophene rings is 1. The van der Waals surface area contributed by atoms with Crippen LogP contribution in [0.2, 0.25) is 0 Å². The van der Waals surface area contributed by atoms with E-state index >= 15 is 0 Å². The first-order valence-electron chi connectivity index (χ1n) is 10.7. The Bertz CT molecular complexity index is 1280. The van der Waals surface area contributed by atoms with Crippen LogP contribution in [0.15, 0.2) is 18.5 Å². The molecule has 0 aromatic carbocycles. The first kappa shape index (κ1) is 20.7. The average molecular weight is 490 g/mol. The molecular weight excluding hydrogens is 466 g/mol. The Morgan fingerprint density at radius 2 is 2.12 bits per heavy atom. The van der Waals surface area contributed by atoms with Crippen molar-refractivity contribution in [2.45, 2.75) is 19.4 Å². The van der Waals surface area contributed by atoms with Crippen LogP contribution < -0.4 is 10.6 Å². The summed E-state index contributed by atoms with van der Waals surface area (Å²) in [6.45, 7) is 3.95. The molecule has 0 bridgehead atoms. The Morgan fingerprint density at radius 1 is 1.28 bits per heavy atom. The summed E-state index contributed by atoms with van der Waals surface area (Å²) >= 11 is 3.27. The van der Waals surface area contributed by atoms with Gasteiger partial charge in [-0.2, -0.15) is 0 Å². The van der Waals surface area contributed by atoms with Crippen molar-refractivity contribution in [2.24, 2.45) is 5.41 Å². The second-order valence-corrected chi connectivity index (χ2v) is 13.2.